The Morgan fingerprint density at radius 1 is 1.35 bits per heavy atom. The molecule has 1 amide bonds. The SMILES string of the molecule is CCN(CCCl)C1=CCC(CCCCCCCC(=O)NO)C=C1. The van der Waals surface area contributed by atoms with Gasteiger partial charge in [0.1, 0.15) is 0 Å². The van der Waals surface area contributed by atoms with Crippen LogP contribution in [0.3, 0.4) is 0 Å². The van der Waals surface area contributed by atoms with Crippen molar-refractivity contribution in [3.8, 4) is 0 Å². The Labute approximate surface area is 145 Å². The third-order valence-corrected chi connectivity index (χ3v) is 4.54. The first kappa shape index (κ1) is 20.0. The van der Waals surface area contributed by atoms with E-state index in [-0.39, 0.29) is 5.91 Å². The summed E-state index contributed by atoms with van der Waals surface area (Å²) in [5.41, 5.74) is 2.98. The summed E-state index contributed by atoms with van der Waals surface area (Å²) in [7, 11) is 0. The summed E-state index contributed by atoms with van der Waals surface area (Å²) < 4.78 is 0. The standard InChI is InChI=1S/C18H31ClN2O2/c1-2-21(15-14-19)17-12-10-16(11-13-17)8-6-4-3-5-7-9-18(22)20-23/h10,12-13,16,23H,2-9,11,14-15H2,1H3,(H,20,22). The van der Waals surface area contributed by atoms with Gasteiger partial charge in [-0.1, -0.05) is 37.8 Å². The Morgan fingerprint density at radius 2 is 2.09 bits per heavy atom. The lowest BCUT2D eigenvalue weighted by molar-refractivity contribution is -0.129. The highest BCUT2D eigenvalue weighted by Gasteiger charge is 2.12. The van der Waals surface area contributed by atoms with Gasteiger partial charge in [-0.25, -0.2) is 5.48 Å². The number of hydrogen-bond donors (Lipinski definition) is 2. The van der Waals surface area contributed by atoms with Crippen molar-refractivity contribution < 1.29 is 10.0 Å². The number of hydrogen-bond acceptors (Lipinski definition) is 3. The number of carbonyl (C=O) groups excluding carboxylic acids is 1. The van der Waals surface area contributed by atoms with E-state index in [0.29, 0.717) is 18.2 Å². The Morgan fingerprint density at radius 3 is 2.70 bits per heavy atom. The fraction of sp³-hybridized carbons (Fsp3) is 0.722. The van der Waals surface area contributed by atoms with E-state index in [4.69, 9.17) is 16.8 Å². The van der Waals surface area contributed by atoms with Crippen molar-refractivity contribution in [3.05, 3.63) is 23.9 Å². The number of rotatable bonds is 12. The van der Waals surface area contributed by atoms with Crippen LogP contribution in [0, 0.1) is 5.92 Å². The lowest BCUT2D eigenvalue weighted by Gasteiger charge is -2.26. The first-order valence-electron chi connectivity index (χ1n) is 8.83. The van der Waals surface area contributed by atoms with E-state index in [1.54, 1.807) is 5.48 Å². The van der Waals surface area contributed by atoms with Crippen LogP contribution in [0.2, 0.25) is 0 Å². The van der Waals surface area contributed by atoms with Crippen molar-refractivity contribution in [1.82, 2.24) is 10.4 Å². The van der Waals surface area contributed by atoms with Crippen LogP contribution in [0.25, 0.3) is 0 Å². The molecule has 132 valence electrons. The number of alkyl halides is 1. The van der Waals surface area contributed by atoms with Crippen molar-refractivity contribution in [2.75, 3.05) is 19.0 Å². The van der Waals surface area contributed by atoms with Crippen LogP contribution in [0.1, 0.15) is 58.3 Å². The summed E-state index contributed by atoms with van der Waals surface area (Å²) in [6.45, 7) is 4.08. The van der Waals surface area contributed by atoms with E-state index >= 15 is 0 Å². The molecule has 0 aromatic rings. The molecule has 0 aliphatic heterocycles. The molecule has 1 aliphatic carbocycles. The Balaban J connectivity index is 2.09. The second-order valence-corrected chi connectivity index (χ2v) is 6.47. The third-order valence-electron chi connectivity index (χ3n) is 4.37. The van der Waals surface area contributed by atoms with E-state index in [1.807, 2.05) is 0 Å². The molecule has 0 bridgehead atoms. The maximum absolute atomic E-state index is 10.9. The van der Waals surface area contributed by atoms with Gasteiger partial charge in [-0.3, -0.25) is 10.0 Å². The summed E-state index contributed by atoms with van der Waals surface area (Å²) >= 11 is 5.84. The van der Waals surface area contributed by atoms with Crippen LogP contribution in [0.15, 0.2) is 23.9 Å². The summed E-state index contributed by atoms with van der Waals surface area (Å²) in [5.74, 6) is 1.05. The molecule has 0 aromatic heterocycles. The van der Waals surface area contributed by atoms with Gasteiger partial charge in [-0.05, 0) is 38.2 Å². The fourth-order valence-corrected chi connectivity index (χ4v) is 3.16. The second kappa shape index (κ2) is 12.4. The Kier molecular flexibility index (Phi) is 10.8. The second-order valence-electron chi connectivity index (χ2n) is 6.09. The maximum Gasteiger partial charge on any atom is 0.243 e. The van der Waals surface area contributed by atoms with Gasteiger partial charge in [0.05, 0.1) is 0 Å². The first-order valence-corrected chi connectivity index (χ1v) is 9.36. The van der Waals surface area contributed by atoms with E-state index in [9.17, 15) is 4.79 Å². The van der Waals surface area contributed by atoms with E-state index in [2.05, 4.69) is 30.1 Å². The van der Waals surface area contributed by atoms with Crippen LogP contribution >= 0.6 is 11.6 Å². The molecule has 0 heterocycles. The summed E-state index contributed by atoms with van der Waals surface area (Å²) in [6.07, 6.45) is 15.3. The van der Waals surface area contributed by atoms with E-state index in [0.717, 1.165) is 38.8 Å². The van der Waals surface area contributed by atoms with Crippen LogP contribution < -0.4 is 5.48 Å². The molecule has 5 heteroatoms. The van der Waals surface area contributed by atoms with Gasteiger partial charge in [0.15, 0.2) is 0 Å². The zero-order chi connectivity index (χ0) is 16.9. The Bertz CT molecular complexity index is 396. The minimum absolute atomic E-state index is 0.282. The number of allylic oxidation sites excluding steroid dienone is 3. The van der Waals surface area contributed by atoms with Gasteiger partial charge in [0, 0.05) is 31.1 Å². The lowest BCUT2D eigenvalue weighted by Crippen LogP contribution is -2.25. The smallest absolute Gasteiger partial charge is 0.243 e. The van der Waals surface area contributed by atoms with Crippen LogP contribution in [-0.2, 0) is 4.79 Å². The van der Waals surface area contributed by atoms with Crippen molar-refractivity contribution >= 4 is 17.5 Å². The van der Waals surface area contributed by atoms with Crippen molar-refractivity contribution in [2.45, 2.75) is 58.3 Å². The number of nitrogens with zero attached hydrogens (tertiary/aromatic N) is 1. The Hall–Kier alpha value is -1.00. The average Bonchev–Trinajstić information content (AvgIpc) is 2.59. The van der Waals surface area contributed by atoms with Crippen molar-refractivity contribution in [3.63, 3.8) is 0 Å². The minimum Gasteiger partial charge on any atom is -0.371 e. The van der Waals surface area contributed by atoms with Crippen LogP contribution in [0.5, 0.6) is 0 Å². The number of hydroxylamine groups is 1. The number of amides is 1. The van der Waals surface area contributed by atoms with Gasteiger partial charge >= 0.3 is 0 Å². The molecule has 0 fully saturated rings. The van der Waals surface area contributed by atoms with Crippen molar-refractivity contribution in [2.24, 2.45) is 5.92 Å². The highest BCUT2D eigenvalue weighted by molar-refractivity contribution is 6.18. The molecule has 1 unspecified atom stereocenters. The molecule has 0 spiro atoms. The quantitative estimate of drug-likeness (QED) is 0.241. The number of unbranched alkanes of at least 4 members (excludes halogenated alkanes) is 4. The molecular weight excluding hydrogens is 312 g/mol. The highest BCUT2D eigenvalue weighted by Crippen LogP contribution is 2.24. The molecule has 0 saturated heterocycles. The number of likely N-dealkylation sites (N-methyl/N-ethyl adjacent to an activating group) is 1. The number of nitrogens with one attached hydrogen (secondary N) is 1. The van der Waals surface area contributed by atoms with E-state index < -0.39 is 0 Å². The van der Waals surface area contributed by atoms with E-state index in [1.165, 1.54) is 25.0 Å². The average molecular weight is 343 g/mol. The number of halogens is 1. The largest absolute Gasteiger partial charge is 0.371 e. The van der Waals surface area contributed by atoms with Gasteiger partial charge in [-0.15, -0.1) is 11.6 Å². The predicted molar refractivity (Wildman–Crippen MR) is 95.5 cm³/mol. The maximum atomic E-state index is 10.9. The monoisotopic (exact) mass is 342 g/mol. The topological polar surface area (TPSA) is 52.6 Å². The molecule has 0 saturated carbocycles. The lowest BCUT2D eigenvalue weighted by atomic mass is 9.93. The summed E-state index contributed by atoms with van der Waals surface area (Å²) in [5, 5.41) is 8.40. The summed E-state index contributed by atoms with van der Waals surface area (Å²) in [4.78, 5) is 13.2. The fourth-order valence-electron chi connectivity index (χ4n) is 2.95. The molecule has 4 nitrogen and oxygen atoms in total. The normalized spacial score (nSPS) is 17.0. The molecule has 1 rings (SSSR count). The predicted octanol–water partition coefficient (Wildman–Crippen LogP) is 4.24. The highest BCUT2D eigenvalue weighted by atomic mass is 35.5. The summed E-state index contributed by atoms with van der Waals surface area (Å²) in [6, 6.07) is 0. The molecule has 23 heavy (non-hydrogen) atoms. The zero-order valence-corrected chi connectivity index (χ0v) is 15.0. The van der Waals surface area contributed by atoms with Crippen LogP contribution in [0.4, 0.5) is 0 Å². The van der Waals surface area contributed by atoms with Gasteiger partial charge in [0.2, 0.25) is 5.91 Å². The zero-order valence-electron chi connectivity index (χ0n) is 14.3. The first-order chi connectivity index (χ1) is 11.2. The van der Waals surface area contributed by atoms with Gasteiger partial charge in [0.25, 0.3) is 0 Å². The van der Waals surface area contributed by atoms with Gasteiger partial charge < -0.3 is 4.90 Å². The molecule has 1 atom stereocenters. The molecule has 0 aromatic carbocycles. The third kappa shape index (κ3) is 8.42. The number of carbonyl (C=O) groups is 1. The van der Waals surface area contributed by atoms with Crippen molar-refractivity contribution in [1.29, 1.82) is 0 Å². The molecule has 1 aliphatic rings. The van der Waals surface area contributed by atoms with Crippen LogP contribution in [-0.4, -0.2) is 35.0 Å². The molecule has 0 radical (unpaired) electrons. The minimum atomic E-state index is -0.282. The molecular formula is C18H31ClN2O2. The van der Waals surface area contributed by atoms with Gasteiger partial charge in [-0.2, -0.15) is 0 Å². The molecule has 2 N–H and O–H groups in total.